The lowest BCUT2D eigenvalue weighted by Gasteiger charge is -2.28. The molecule has 0 aromatic heterocycles. The van der Waals surface area contributed by atoms with Gasteiger partial charge in [0.15, 0.2) is 0 Å². The third-order valence-corrected chi connectivity index (χ3v) is 6.01. The fraction of sp³-hybridized carbons (Fsp3) is 0.450. The molecule has 3 amide bonds. The van der Waals surface area contributed by atoms with Crippen molar-refractivity contribution in [2.75, 3.05) is 6.61 Å². The van der Waals surface area contributed by atoms with Crippen LogP contribution in [0.15, 0.2) is 30.3 Å². The van der Waals surface area contributed by atoms with Crippen LogP contribution in [0.25, 0.3) is 0 Å². The molecule has 0 saturated carbocycles. The van der Waals surface area contributed by atoms with Gasteiger partial charge >= 0.3 is 21.6 Å². The number of phosphoric acid groups is 2. The molecule has 0 unspecified atom stereocenters. The second-order valence-corrected chi connectivity index (χ2v) is 10.7. The molecule has 0 radical (unpaired) electrons. The van der Waals surface area contributed by atoms with Crippen molar-refractivity contribution in [2.24, 2.45) is 5.73 Å². The van der Waals surface area contributed by atoms with E-state index in [2.05, 4.69) is 14.4 Å². The van der Waals surface area contributed by atoms with Crippen molar-refractivity contribution >= 4 is 45.6 Å². The summed E-state index contributed by atoms with van der Waals surface area (Å²) in [6.45, 7) is -0.217. The van der Waals surface area contributed by atoms with Crippen LogP contribution in [-0.2, 0) is 48.6 Å². The number of nitrogens with one attached hydrogen (secondary N) is 3. The molecular formula is C20H30N4O14P2. The minimum Gasteiger partial charge on any atom is -0.481 e. The zero-order valence-electron chi connectivity index (χ0n) is 20.9. The maximum atomic E-state index is 13.1. The quantitative estimate of drug-likeness (QED) is 0.0638. The molecule has 0 aliphatic heterocycles. The van der Waals surface area contributed by atoms with Gasteiger partial charge < -0.3 is 51.2 Å². The van der Waals surface area contributed by atoms with E-state index in [0.717, 1.165) is 6.92 Å². The van der Waals surface area contributed by atoms with Crippen LogP contribution in [0.5, 0.6) is 0 Å². The van der Waals surface area contributed by atoms with E-state index in [1.165, 1.54) is 0 Å². The Kier molecular flexibility index (Phi) is 13.7. The number of carbonyl (C=O) groups excluding carboxylic acids is 4. The minimum atomic E-state index is -5.23. The molecule has 0 bridgehead atoms. The zero-order valence-corrected chi connectivity index (χ0v) is 22.6. The van der Waals surface area contributed by atoms with E-state index < -0.39 is 82.6 Å². The number of aldehydes is 1. The number of carbonyl (C=O) groups is 5. The van der Waals surface area contributed by atoms with Crippen molar-refractivity contribution in [2.45, 2.75) is 50.0 Å². The van der Waals surface area contributed by atoms with Crippen molar-refractivity contribution in [3.63, 3.8) is 0 Å². The molecule has 0 spiro atoms. The highest BCUT2D eigenvalue weighted by molar-refractivity contribution is 7.46. The Labute approximate surface area is 227 Å². The van der Waals surface area contributed by atoms with Gasteiger partial charge in [-0.3, -0.25) is 28.2 Å². The molecule has 224 valence electrons. The molecule has 0 aliphatic carbocycles. The Morgan fingerprint density at radius 1 is 0.950 bits per heavy atom. The molecule has 1 aromatic carbocycles. The van der Waals surface area contributed by atoms with Gasteiger partial charge in [0.25, 0.3) is 0 Å². The van der Waals surface area contributed by atoms with E-state index in [-0.39, 0.29) is 12.7 Å². The molecule has 0 aliphatic rings. The van der Waals surface area contributed by atoms with Gasteiger partial charge in [-0.15, -0.1) is 0 Å². The Bertz CT molecular complexity index is 1140. The fourth-order valence-corrected chi connectivity index (χ4v) is 4.01. The Hall–Kier alpha value is -3.05. The first kappa shape index (κ1) is 35.0. The van der Waals surface area contributed by atoms with E-state index >= 15 is 0 Å². The van der Waals surface area contributed by atoms with Gasteiger partial charge in [0.05, 0.1) is 31.2 Å². The molecule has 40 heavy (non-hydrogen) atoms. The van der Waals surface area contributed by atoms with Crippen LogP contribution in [0, 0.1) is 0 Å². The van der Waals surface area contributed by atoms with Gasteiger partial charge in [-0.25, -0.2) is 9.13 Å². The summed E-state index contributed by atoms with van der Waals surface area (Å²) in [4.78, 5) is 96.7. The van der Waals surface area contributed by atoms with E-state index in [4.69, 9.17) is 30.4 Å². The topological polar surface area (TPSA) is 301 Å². The summed E-state index contributed by atoms with van der Waals surface area (Å²) in [6.07, 6.45) is -2.58. The summed E-state index contributed by atoms with van der Waals surface area (Å²) in [5, 5.41) is 14.9. The Morgan fingerprint density at radius 3 is 2.05 bits per heavy atom. The van der Waals surface area contributed by atoms with Crippen LogP contribution in [0.1, 0.15) is 18.9 Å². The zero-order chi connectivity index (χ0) is 30.7. The highest BCUT2D eigenvalue weighted by Gasteiger charge is 2.36. The van der Waals surface area contributed by atoms with Crippen molar-refractivity contribution in [3.05, 3.63) is 35.9 Å². The number of hydrogen-bond donors (Lipinski definition) is 9. The average Bonchev–Trinajstić information content (AvgIpc) is 2.82. The highest BCUT2D eigenvalue weighted by atomic mass is 31.2. The first-order valence-corrected chi connectivity index (χ1v) is 14.3. The highest BCUT2D eigenvalue weighted by Crippen LogP contribution is 2.38. The molecule has 18 nitrogen and oxygen atoms in total. The number of hydrogen-bond acceptors (Lipinski definition) is 10. The smallest absolute Gasteiger partial charge is 0.469 e. The summed E-state index contributed by atoms with van der Waals surface area (Å²) in [7, 11) is -10.4. The van der Waals surface area contributed by atoms with Gasteiger partial charge in [-0.1, -0.05) is 30.3 Å². The first-order valence-electron chi connectivity index (χ1n) is 11.2. The Morgan fingerprint density at radius 2 is 1.55 bits per heavy atom. The number of benzene rings is 1. The van der Waals surface area contributed by atoms with E-state index in [9.17, 15) is 33.1 Å². The monoisotopic (exact) mass is 612 g/mol. The van der Waals surface area contributed by atoms with Crippen LogP contribution >= 0.6 is 15.6 Å². The number of carboxylic acid groups (broad SMARTS) is 1. The number of nitrogens with two attached hydrogens (primary N) is 1. The summed E-state index contributed by atoms with van der Waals surface area (Å²) in [5.41, 5.74) is 6.53. The maximum absolute atomic E-state index is 13.1. The number of amides is 3. The summed E-state index contributed by atoms with van der Waals surface area (Å²) in [6, 6.07) is 1.60. The molecule has 5 atom stereocenters. The van der Waals surface area contributed by atoms with Gasteiger partial charge in [-0.2, -0.15) is 0 Å². The second-order valence-electron chi connectivity index (χ2n) is 8.28. The second kappa shape index (κ2) is 15.7. The molecule has 1 rings (SSSR count). The van der Waals surface area contributed by atoms with Crippen LogP contribution < -0.4 is 21.7 Å². The third-order valence-electron chi connectivity index (χ3n) is 4.92. The summed E-state index contributed by atoms with van der Waals surface area (Å²) >= 11 is 0. The molecular weight excluding hydrogens is 582 g/mol. The molecule has 0 fully saturated rings. The number of rotatable bonds is 17. The Balaban J connectivity index is 3.19. The van der Waals surface area contributed by atoms with Crippen LogP contribution in [0.4, 0.5) is 0 Å². The number of carboxylic acids is 1. The first-order chi connectivity index (χ1) is 18.4. The summed E-state index contributed by atoms with van der Waals surface area (Å²) < 4.78 is 31.2. The predicted octanol–water partition coefficient (Wildman–Crippen LogP) is -2.71. The van der Waals surface area contributed by atoms with Gasteiger partial charge in [0, 0.05) is 0 Å². The lowest BCUT2D eigenvalue weighted by Crippen LogP contribution is -2.60. The van der Waals surface area contributed by atoms with Crippen LogP contribution in [0.3, 0.4) is 0 Å². The number of aliphatic carboxylic acids is 1. The van der Waals surface area contributed by atoms with E-state index in [1.807, 2.05) is 10.6 Å². The van der Waals surface area contributed by atoms with Crippen molar-refractivity contribution < 1.29 is 66.8 Å². The van der Waals surface area contributed by atoms with Crippen LogP contribution in [-0.4, -0.2) is 91.5 Å². The molecule has 1 aromatic rings. The van der Waals surface area contributed by atoms with Crippen LogP contribution in [0.2, 0.25) is 0 Å². The largest absolute Gasteiger partial charge is 0.481 e. The number of phosphoric ester groups is 2. The molecule has 0 saturated heterocycles. The molecule has 20 heteroatoms. The van der Waals surface area contributed by atoms with E-state index in [0.29, 0.717) is 5.56 Å². The van der Waals surface area contributed by atoms with E-state index in [1.54, 1.807) is 30.3 Å². The van der Waals surface area contributed by atoms with Crippen molar-refractivity contribution in [3.8, 4) is 0 Å². The molecule has 0 heterocycles. The normalized spacial score (nSPS) is 15.6. The van der Waals surface area contributed by atoms with Gasteiger partial charge in [0.1, 0.15) is 18.4 Å². The SMILES string of the molecule is C[C@@H](OP(=O)(O)O)[C@H](NC(=O)[C@@H](N)Cc1ccccc1)C(=O)N[C@@H](COP(=O)(O)O)C(=O)N[C@H](C=O)CC(=O)O. The van der Waals surface area contributed by atoms with Crippen molar-refractivity contribution in [1.29, 1.82) is 0 Å². The van der Waals surface area contributed by atoms with Gasteiger partial charge in [-0.05, 0) is 18.9 Å². The maximum Gasteiger partial charge on any atom is 0.469 e. The predicted molar refractivity (Wildman–Crippen MR) is 133 cm³/mol. The lowest BCUT2D eigenvalue weighted by molar-refractivity contribution is -0.139. The lowest BCUT2D eigenvalue weighted by atomic mass is 10.0. The fourth-order valence-electron chi connectivity index (χ4n) is 3.12. The van der Waals surface area contributed by atoms with Gasteiger partial charge in [0.2, 0.25) is 17.7 Å². The molecule has 10 N–H and O–H groups in total. The minimum absolute atomic E-state index is 0.00738. The van der Waals surface area contributed by atoms with Crippen molar-refractivity contribution in [1.82, 2.24) is 16.0 Å². The average molecular weight is 612 g/mol. The summed E-state index contributed by atoms with van der Waals surface area (Å²) in [5.74, 6) is -5.13. The third kappa shape index (κ3) is 13.8. The standard InChI is InChI=1S/C20H30N4O14P2/c1-11(38-40(34,35)36)17(24-18(28)14(21)7-12-5-3-2-4-6-12)20(30)23-15(10-37-39(31,32)33)19(29)22-13(9-25)8-16(26)27/h2-6,9,11,13-15,17H,7-8,10,21H2,1H3,(H,22,29)(H,23,30)(H,24,28)(H,26,27)(H2,31,32,33)(H2,34,35,36)/t11-,13+,14+,15+,17+/m1/s1.